The molecule has 0 aliphatic heterocycles. The van der Waals surface area contributed by atoms with E-state index < -0.39 is 34.4 Å². The second-order valence-corrected chi connectivity index (χ2v) is 7.69. The Morgan fingerprint density at radius 2 is 1.72 bits per heavy atom. The first kappa shape index (κ1) is 22.5. The van der Waals surface area contributed by atoms with Crippen LogP contribution in [-0.2, 0) is 30.8 Å². The largest absolute Gasteiger partial charge is 0.466 e. The molecule has 0 heterocycles. The molecule has 2 aromatic rings. The van der Waals surface area contributed by atoms with Gasteiger partial charge in [0.2, 0.25) is 15.9 Å². The normalized spacial score (nSPS) is 12.2. The fourth-order valence-electron chi connectivity index (χ4n) is 2.36. The van der Waals surface area contributed by atoms with Crippen LogP contribution in [0, 0.1) is 5.82 Å². The van der Waals surface area contributed by atoms with E-state index in [1.807, 2.05) is 0 Å². The van der Waals surface area contributed by atoms with Gasteiger partial charge in [-0.2, -0.15) is 4.72 Å². The fourth-order valence-corrected chi connectivity index (χ4v) is 3.54. The summed E-state index contributed by atoms with van der Waals surface area (Å²) < 4.78 is 44.5. The summed E-state index contributed by atoms with van der Waals surface area (Å²) in [7, 11) is -4.14. The van der Waals surface area contributed by atoms with Crippen molar-refractivity contribution in [2.75, 3.05) is 18.5 Å². The lowest BCUT2D eigenvalue weighted by Crippen LogP contribution is -2.46. The van der Waals surface area contributed by atoms with Crippen LogP contribution in [0.4, 0.5) is 10.1 Å². The predicted molar refractivity (Wildman–Crippen MR) is 103 cm³/mol. The molecule has 3 N–H and O–H groups in total. The van der Waals surface area contributed by atoms with E-state index in [1.54, 1.807) is 19.1 Å². The number of anilines is 1. The Kier molecular flexibility index (Phi) is 7.82. The number of nitrogens with one attached hydrogen (secondary N) is 2. The van der Waals surface area contributed by atoms with Gasteiger partial charge in [0.25, 0.3) is 0 Å². The maximum atomic E-state index is 13.0. The van der Waals surface area contributed by atoms with Crippen LogP contribution < -0.4 is 10.0 Å². The molecule has 0 aliphatic carbocycles. The minimum Gasteiger partial charge on any atom is -0.466 e. The lowest BCUT2D eigenvalue weighted by Gasteiger charge is -2.16. The molecule has 0 saturated carbocycles. The van der Waals surface area contributed by atoms with Gasteiger partial charge in [-0.25, -0.2) is 12.8 Å². The van der Waals surface area contributed by atoms with Gasteiger partial charge in [-0.05, 0) is 48.9 Å². The van der Waals surface area contributed by atoms with Crippen LogP contribution in [0.1, 0.15) is 12.5 Å². The fraction of sp³-hybridized carbons (Fsp3) is 0.263. The third kappa shape index (κ3) is 6.63. The number of rotatable bonds is 9. The minimum atomic E-state index is -4.14. The molecule has 0 spiro atoms. The van der Waals surface area contributed by atoms with Gasteiger partial charge in [0.05, 0.1) is 24.5 Å². The van der Waals surface area contributed by atoms with E-state index in [0.717, 1.165) is 24.3 Å². The van der Waals surface area contributed by atoms with Crippen molar-refractivity contribution in [2.24, 2.45) is 0 Å². The molecular weight excluding hydrogens is 403 g/mol. The van der Waals surface area contributed by atoms with Gasteiger partial charge in [0.1, 0.15) is 11.9 Å². The van der Waals surface area contributed by atoms with Gasteiger partial charge in [-0.15, -0.1) is 0 Å². The Hall–Kier alpha value is -2.82. The summed E-state index contributed by atoms with van der Waals surface area (Å²) in [5, 5.41) is 11.9. The highest BCUT2D eigenvalue weighted by Gasteiger charge is 2.25. The number of hydrogen-bond donors (Lipinski definition) is 3. The summed E-state index contributed by atoms with van der Waals surface area (Å²) >= 11 is 0. The van der Waals surface area contributed by atoms with E-state index in [4.69, 9.17) is 4.74 Å². The van der Waals surface area contributed by atoms with Gasteiger partial charge < -0.3 is 15.2 Å². The number of carbonyl (C=O) groups excluding carboxylic acids is 2. The minimum absolute atomic E-state index is 0.0821. The Morgan fingerprint density at radius 3 is 2.28 bits per heavy atom. The third-order valence-electron chi connectivity index (χ3n) is 3.80. The van der Waals surface area contributed by atoms with Crippen molar-refractivity contribution >= 4 is 27.6 Å². The number of amides is 1. The van der Waals surface area contributed by atoms with Crippen LogP contribution in [0.15, 0.2) is 53.4 Å². The van der Waals surface area contributed by atoms with E-state index in [9.17, 15) is 27.5 Å². The maximum absolute atomic E-state index is 13.0. The maximum Gasteiger partial charge on any atom is 0.310 e. The molecule has 0 radical (unpaired) electrons. The van der Waals surface area contributed by atoms with Crippen LogP contribution in [0.25, 0.3) is 0 Å². The summed E-state index contributed by atoms with van der Waals surface area (Å²) in [6.07, 6.45) is 0.0821. The summed E-state index contributed by atoms with van der Waals surface area (Å²) in [6.45, 7) is 1.20. The SMILES string of the molecule is CCOC(=O)Cc1ccc(NC(=O)C(CO)NS(=O)(=O)c2ccc(F)cc2)cc1. The van der Waals surface area contributed by atoms with E-state index in [-0.39, 0.29) is 23.9 Å². The number of halogens is 1. The molecule has 1 unspecified atom stereocenters. The number of benzene rings is 2. The molecule has 156 valence electrons. The van der Waals surface area contributed by atoms with Crippen LogP contribution in [-0.4, -0.2) is 44.7 Å². The molecule has 8 nitrogen and oxygen atoms in total. The van der Waals surface area contributed by atoms with Crippen LogP contribution in [0.3, 0.4) is 0 Å². The number of sulfonamides is 1. The highest BCUT2D eigenvalue weighted by atomic mass is 32.2. The summed E-state index contributed by atoms with van der Waals surface area (Å²) in [6, 6.07) is 8.89. The standard InChI is InChI=1S/C19H21FN2O6S/c1-2-28-18(24)11-13-3-7-15(8-4-13)21-19(25)17(12-23)22-29(26,27)16-9-5-14(20)6-10-16/h3-10,17,22-23H,2,11-12H2,1H3,(H,21,25). The summed E-state index contributed by atoms with van der Waals surface area (Å²) in [4.78, 5) is 23.5. The molecule has 0 aliphatic rings. The molecule has 0 fully saturated rings. The lowest BCUT2D eigenvalue weighted by atomic mass is 10.1. The van der Waals surface area contributed by atoms with Gasteiger partial charge in [-0.3, -0.25) is 9.59 Å². The highest BCUT2D eigenvalue weighted by molar-refractivity contribution is 7.89. The number of ether oxygens (including phenoxy) is 1. The summed E-state index contributed by atoms with van der Waals surface area (Å²) in [5.41, 5.74) is 1.03. The number of hydrogen-bond acceptors (Lipinski definition) is 6. The lowest BCUT2D eigenvalue weighted by molar-refractivity contribution is -0.142. The first-order valence-electron chi connectivity index (χ1n) is 8.69. The summed E-state index contributed by atoms with van der Waals surface area (Å²) in [5.74, 6) is -1.76. The molecule has 2 rings (SSSR count). The van der Waals surface area contributed by atoms with Crippen LogP contribution >= 0.6 is 0 Å². The van der Waals surface area contributed by atoms with E-state index in [0.29, 0.717) is 11.3 Å². The predicted octanol–water partition coefficient (Wildman–Crippen LogP) is 1.21. The van der Waals surface area contributed by atoms with E-state index in [2.05, 4.69) is 10.0 Å². The average Bonchev–Trinajstić information content (AvgIpc) is 2.68. The van der Waals surface area contributed by atoms with E-state index in [1.165, 1.54) is 12.1 Å². The smallest absolute Gasteiger partial charge is 0.310 e. The molecule has 0 aromatic heterocycles. The molecule has 1 amide bonds. The third-order valence-corrected chi connectivity index (χ3v) is 5.28. The topological polar surface area (TPSA) is 122 Å². The molecule has 2 aromatic carbocycles. The number of esters is 1. The molecule has 0 bridgehead atoms. The zero-order valence-electron chi connectivity index (χ0n) is 15.6. The van der Waals surface area contributed by atoms with Crippen molar-refractivity contribution < 1.29 is 32.2 Å². The Balaban J connectivity index is 2.02. The quantitative estimate of drug-likeness (QED) is 0.520. The second kappa shape index (κ2) is 10.1. The van der Waals surface area contributed by atoms with Crippen molar-refractivity contribution in [2.45, 2.75) is 24.3 Å². The number of aliphatic hydroxyl groups excluding tert-OH is 1. The first-order chi connectivity index (χ1) is 13.7. The Bertz CT molecular complexity index is 946. The molecule has 29 heavy (non-hydrogen) atoms. The Labute approximate surface area is 167 Å². The van der Waals surface area contributed by atoms with Gasteiger partial charge in [0, 0.05) is 5.69 Å². The molecule has 0 saturated heterocycles. The molecular formula is C19H21FN2O6S. The monoisotopic (exact) mass is 424 g/mol. The number of carbonyl (C=O) groups is 2. The van der Waals surface area contributed by atoms with E-state index >= 15 is 0 Å². The Morgan fingerprint density at radius 1 is 1.10 bits per heavy atom. The number of aliphatic hydroxyl groups is 1. The van der Waals surface area contributed by atoms with Crippen molar-refractivity contribution in [1.82, 2.24) is 4.72 Å². The first-order valence-corrected chi connectivity index (χ1v) is 10.2. The van der Waals surface area contributed by atoms with Gasteiger partial charge in [-0.1, -0.05) is 12.1 Å². The van der Waals surface area contributed by atoms with Crippen LogP contribution in [0.2, 0.25) is 0 Å². The molecule has 1 atom stereocenters. The average molecular weight is 424 g/mol. The second-order valence-electron chi connectivity index (χ2n) is 5.98. The highest BCUT2D eigenvalue weighted by Crippen LogP contribution is 2.13. The zero-order valence-corrected chi connectivity index (χ0v) is 16.4. The van der Waals surface area contributed by atoms with Crippen molar-refractivity contribution in [1.29, 1.82) is 0 Å². The molecule has 10 heteroatoms. The van der Waals surface area contributed by atoms with Crippen molar-refractivity contribution in [3.8, 4) is 0 Å². The van der Waals surface area contributed by atoms with Gasteiger partial charge in [0.15, 0.2) is 0 Å². The van der Waals surface area contributed by atoms with Crippen molar-refractivity contribution in [3.05, 3.63) is 59.9 Å². The van der Waals surface area contributed by atoms with Crippen LogP contribution in [0.5, 0.6) is 0 Å². The zero-order chi connectivity index (χ0) is 21.4. The van der Waals surface area contributed by atoms with Crippen molar-refractivity contribution in [3.63, 3.8) is 0 Å². The van der Waals surface area contributed by atoms with Gasteiger partial charge >= 0.3 is 5.97 Å².